The first kappa shape index (κ1) is 57.9. The zero-order valence-electron chi connectivity index (χ0n) is 7.24. The Labute approximate surface area is 89.5 Å². The van der Waals surface area contributed by atoms with Crippen LogP contribution in [0.25, 0.3) is 0 Å². The van der Waals surface area contributed by atoms with Crippen molar-refractivity contribution in [3.05, 3.63) is 0 Å². The van der Waals surface area contributed by atoms with Gasteiger partial charge in [-0.3, -0.25) is 18.2 Å². The standard InChI is InChI=1S/2H2O4S.6H2O/c2*1-5(2,3)4;;;;;;/h2*(H2,1,2,3,4);6*1H2. The second kappa shape index (κ2) is 20.0. The van der Waals surface area contributed by atoms with E-state index in [0.29, 0.717) is 0 Å². The Hall–Kier alpha value is -0.500. The van der Waals surface area contributed by atoms with Crippen LogP contribution in [0, 0.1) is 0 Å². The summed E-state index contributed by atoms with van der Waals surface area (Å²) in [6, 6.07) is 0. The first-order valence-corrected chi connectivity index (χ1v) is 4.19. The normalized spacial score (nSPS) is 7.25. The highest BCUT2D eigenvalue weighted by Crippen LogP contribution is 1.59. The Morgan fingerprint density at radius 1 is 0.438 bits per heavy atom. The molecule has 0 aliphatic rings. The summed E-state index contributed by atoms with van der Waals surface area (Å²) in [4.78, 5) is 0. The SMILES string of the molecule is O.O.O.O.O.O.O=S(=O)(O)O.O=S(=O)(O)O. The van der Waals surface area contributed by atoms with Crippen LogP contribution in [0.2, 0.25) is 0 Å². The minimum Gasteiger partial charge on any atom is -0.412 e. The lowest BCUT2D eigenvalue weighted by Gasteiger charge is -1.68. The summed E-state index contributed by atoms with van der Waals surface area (Å²) in [6.07, 6.45) is 0. The first-order chi connectivity index (χ1) is 4.00. The topological polar surface area (TPSA) is 338 Å². The summed E-state index contributed by atoms with van der Waals surface area (Å²) < 4.78 is 63.2. The van der Waals surface area contributed by atoms with Crippen LogP contribution in [0.15, 0.2) is 0 Å². The Bertz CT molecular complexity index is 205. The van der Waals surface area contributed by atoms with Gasteiger partial charge < -0.3 is 32.9 Å². The van der Waals surface area contributed by atoms with Crippen LogP contribution >= 0.6 is 0 Å². The van der Waals surface area contributed by atoms with Gasteiger partial charge in [0.2, 0.25) is 0 Å². The van der Waals surface area contributed by atoms with E-state index in [9.17, 15) is 0 Å². The van der Waals surface area contributed by atoms with E-state index in [0.717, 1.165) is 0 Å². The van der Waals surface area contributed by atoms with Crippen molar-refractivity contribution in [1.82, 2.24) is 0 Å². The number of rotatable bonds is 0. The third-order valence-electron chi connectivity index (χ3n) is 0. The summed E-state index contributed by atoms with van der Waals surface area (Å²) in [7, 11) is -9.33. The first-order valence-electron chi connectivity index (χ1n) is 1.40. The highest BCUT2D eigenvalue weighted by atomic mass is 32.3. The van der Waals surface area contributed by atoms with Gasteiger partial charge in [0.1, 0.15) is 0 Å². The lowest BCUT2D eigenvalue weighted by molar-refractivity contribution is 0.378. The van der Waals surface area contributed by atoms with Gasteiger partial charge in [0.25, 0.3) is 0 Å². The average Bonchev–Trinajstić information content (AvgIpc) is 1.12. The Kier molecular flexibility index (Phi) is 72.4. The van der Waals surface area contributed by atoms with Gasteiger partial charge in [-0.05, 0) is 0 Å². The van der Waals surface area contributed by atoms with Crippen molar-refractivity contribution in [3.63, 3.8) is 0 Å². The quantitative estimate of drug-likeness (QED) is 0.310. The molecule has 0 aromatic rings. The molecule has 0 saturated heterocycles. The van der Waals surface area contributed by atoms with E-state index in [2.05, 4.69) is 0 Å². The van der Waals surface area contributed by atoms with Crippen LogP contribution in [0.1, 0.15) is 0 Å². The third kappa shape index (κ3) is 8440. The molecule has 0 fully saturated rings. The minimum atomic E-state index is -4.67. The highest BCUT2D eigenvalue weighted by molar-refractivity contribution is 7.80. The average molecular weight is 304 g/mol. The molecule has 0 heterocycles. The molecule has 16 N–H and O–H groups in total. The maximum absolute atomic E-state index is 8.74. The Morgan fingerprint density at radius 3 is 0.438 bits per heavy atom. The molecule has 16 heavy (non-hydrogen) atoms. The minimum absolute atomic E-state index is 0. The van der Waals surface area contributed by atoms with E-state index < -0.39 is 20.8 Å². The molecule has 0 unspecified atom stereocenters. The van der Waals surface area contributed by atoms with Gasteiger partial charge >= 0.3 is 20.8 Å². The molecule has 0 aromatic carbocycles. The Balaban J connectivity index is -0.00000000970. The second-order valence-corrected chi connectivity index (χ2v) is 2.69. The molecular weight excluding hydrogens is 288 g/mol. The molecule has 0 aliphatic heterocycles. The summed E-state index contributed by atoms with van der Waals surface area (Å²) in [5.41, 5.74) is 0. The van der Waals surface area contributed by atoms with Gasteiger partial charge in [0.15, 0.2) is 0 Å². The van der Waals surface area contributed by atoms with Crippen LogP contribution in [-0.4, -0.2) is 67.9 Å². The maximum atomic E-state index is 8.74. The molecule has 0 bridgehead atoms. The molecule has 14 nitrogen and oxygen atoms in total. The monoisotopic (exact) mass is 304 g/mol. The predicted molar refractivity (Wildman–Crippen MR) is 50.0 cm³/mol. The summed E-state index contributed by atoms with van der Waals surface area (Å²) in [6.45, 7) is 0. The number of hydrogen-bond acceptors (Lipinski definition) is 4. The lowest BCUT2D eigenvalue weighted by atomic mass is 15.8. The smallest absolute Gasteiger partial charge is 0.394 e. The zero-order valence-corrected chi connectivity index (χ0v) is 8.87. The van der Waals surface area contributed by atoms with E-state index in [1.807, 2.05) is 0 Å². The van der Waals surface area contributed by atoms with Crippen LogP contribution in [0.3, 0.4) is 0 Å². The largest absolute Gasteiger partial charge is 0.412 e. The van der Waals surface area contributed by atoms with Gasteiger partial charge in [-0.1, -0.05) is 0 Å². The van der Waals surface area contributed by atoms with Crippen LogP contribution < -0.4 is 0 Å². The van der Waals surface area contributed by atoms with E-state index in [-0.39, 0.29) is 32.9 Å². The summed E-state index contributed by atoms with van der Waals surface area (Å²) in [5, 5.41) is 0. The molecule has 112 valence electrons. The van der Waals surface area contributed by atoms with E-state index in [1.54, 1.807) is 0 Å². The molecule has 0 saturated carbocycles. The van der Waals surface area contributed by atoms with Crippen molar-refractivity contribution in [2.24, 2.45) is 0 Å². The van der Waals surface area contributed by atoms with Crippen molar-refractivity contribution < 1.29 is 67.9 Å². The molecule has 16 heteroatoms. The van der Waals surface area contributed by atoms with E-state index in [1.165, 1.54) is 0 Å². The fraction of sp³-hybridized carbons (Fsp3) is 0. The molecular formula is H16O14S2. The van der Waals surface area contributed by atoms with Crippen molar-refractivity contribution in [1.29, 1.82) is 0 Å². The second-order valence-electron chi connectivity index (χ2n) is 0.896. The fourth-order valence-corrected chi connectivity index (χ4v) is 0. The van der Waals surface area contributed by atoms with Crippen LogP contribution in [0.4, 0.5) is 0 Å². The fourth-order valence-electron chi connectivity index (χ4n) is 0. The van der Waals surface area contributed by atoms with Crippen molar-refractivity contribution >= 4 is 20.8 Å². The van der Waals surface area contributed by atoms with Crippen molar-refractivity contribution in [3.8, 4) is 0 Å². The predicted octanol–water partition coefficient (Wildman–Crippen LogP) is -6.25. The van der Waals surface area contributed by atoms with Gasteiger partial charge in [0, 0.05) is 0 Å². The van der Waals surface area contributed by atoms with E-state index in [4.69, 9.17) is 35.0 Å². The highest BCUT2D eigenvalue weighted by Gasteiger charge is 1.85. The Morgan fingerprint density at radius 2 is 0.438 bits per heavy atom. The number of hydrogen-bond donors (Lipinski definition) is 4. The summed E-state index contributed by atoms with van der Waals surface area (Å²) >= 11 is 0. The lowest BCUT2D eigenvalue weighted by Crippen LogP contribution is -1.89. The molecule has 0 spiro atoms. The van der Waals surface area contributed by atoms with Crippen molar-refractivity contribution in [2.75, 3.05) is 0 Å². The third-order valence-corrected chi connectivity index (χ3v) is 0. The molecule has 0 aliphatic carbocycles. The molecule has 0 atom stereocenters. The molecule has 0 amide bonds. The molecule has 0 aromatic heterocycles. The van der Waals surface area contributed by atoms with Crippen LogP contribution in [0.5, 0.6) is 0 Å². The van der Waals surface area contributed by atoms with Gasteiger partial charge in [-0.15, -0.1) is 0 Å². The van der Waals surface area contributed by atoms with Crippen molar-refractivity contribution in [2.45, 2.75) is 0 Å². The van der Waals surface area contributed by atoms with E-state index >= 15 is 0 Å². The maximum Gasteiger partial charge on any atom is 0.394 e. The zero-order chi connectivity index (χ0) is 9.00. The molecule has 0 rings (SSSR count). The van der Waals surface area contributed by atoms with Crippen LogP contribution in [-0.2, 0) is 20.8 Å². The van der Waals surface area contributed by atoms with Gasteiger partial charge in [0.05, 0.1) is 0 Å². The van der Waals surface area contributed by atoms with Gasteiger partial charge in [-0.2, -0.15) is 16.8 Å². The molecule has 0 radical (unpaired) electrons. The summed E-state index contributed by atoms with van der Waals surface area (Å²) in [5.74, 6) is 0. The van der Waals surface area contributed by atoms with Gasteiger partial charge in [-0.25, -0.2) is 0 Å².